The number of benzene rings is 1. The smallest absolute Gasteiger partial charge is 0.146 e. The van der Waals surface area contributed by atoms with E-state index in [1.54, 1.807) is 0 Å². The molecule has 0 aliphatic rings. The van der Waals surface area contributed by atoms with E-state index in [-0.39, 0.29) is 6.10 Å². The number of nitrogens with one attached hydrogen (secondary N) is 1. The third-order valence-corrected chi connectivity index (χ3v) is 2.81. The monoisotopic (exact) mass is 254 g/mol. The van der Waals surface area contributed by atoms with Crippen LogP contribution < -0.4 is 10.1 Å². The van der Waals surface area contributed by atoms with Gasteiger partial charge < -0.3 is 10.1 Å². The first-order chi connectivity index (χ1) is 9.20. The standard InChI is InChI=1S/C16H18N2O/c1-4-10-17-11-13(3)19-15-7-5-6-14-9-8-12(2)18-16(14)15/h1,5-9,13,17H,10-11H2,2-3H3. The molecular formula is C16H18N2O. The topological polar surface area (TPSA) is 34.1 Å². The van der Waals surface area contributed by atoms with E-state index in [0.717, 1.165) is 22.3 Å². The molecular weight excluding hydrogens is 236 g/mol. The summed E-state index contributed by atoms with van der Waals surface area (Å²) < 4.78 is 5.94. The van der Waals surface area contributed by atoms with E-state index in [2.05, 4.69) is 22.3 Å². The minimum atomic E-state index is 0.0428. The van der Waals surface area contributed by atoms with Crippen molar-refractivity contribution in [3.05, 3.63) is 36.0 Å². The normalized spacial score (nSPS) is 12.1. The predicted octanol–water partition coefficient (Wildman–Crippen LogP) is 2.53. The van der Waals surface area contributed by atoms with Gasteiger partial charge in [-0.3, -0.25) is 0 Å². The summed E-state index contributed by atoms with van der Waals surface area (Å²) >= 11 is 0. The third kappa shape index (κ3) is 3.46. The molecule has 3 nitrogen and oxygen atoms in total. The highest BCUT2D eigenvalue weighted by Gasteiger charge is 2.08. The first kappa shape index (κ1) is 13.4. The second kappa shape index (κ2) is 6.21. The van der Waals surface area contributed by atoms with Gasteiger partial charge in [-0.1, -0.05) is 24.1 Å². The molecule has 1 atom stereocenters. The van der Waals surface area contributed by atoms with Gasteiger partial charge in [-0.25, -0.2) is 4.98 Å². The fraction of sp³-hybridized carbons (Fsp3) is 0.312. The van der Waals surface area contributed by atoms with Gasteiger partial charge in [-0.05, 0) is 26.0 Å². The second-order valence-electron chi connectivity index (χ2n) is 4.54. The second-order valence-corrected chi connectivity index (χ2v) is 4.54. The van der Waals surface area contributed by atoms with Gasteiger partial charge in [0, 0.05) is 17.6 Å². The fourth-order valence-electron chi connectivity index (χ4n) is 1.92. The number of terminal acetylenes is 1. The molecule has 0 radical (unpaired) electrons. The summed E-state index contributed by atoms with van der Waals surface area (Å²) in [5, 5.41) is 4.22. The molecule has 0 fully saturated rings. The first-order valence-corrected chi connectivity index (χ1v) is 6.38. The van der Waals surface area contributed by atoms with Gasteiger partial charge in [-0.15, -0.1) is 6.42 Å². The van der Waals surface area contributed by atoms with Crippen LogP contribution in [-0.4, -0.2) is 24.2 Å². The lowest BCUT2D eigenvalue weighted by atomic mass is 10.2. The molecule has 1 N–H and O–H groups in total. The number of para-hydroxylation sites is 1. The molecule has 3 heteroatoms. The number of aryl methyl sites for hydroxylation is 1. The molecule has 0 amide bonds. The van der Waals surface area contributed by atoms with Crippen molar-refractivity contribution in [2.24, 2.45) is 0 Å². The molecule has 1 heterocycles. The molecule has 98 valence electrons. The Labute approximate surface area is 114 Å². The average molecular weight is 254 g/mol. The zero-order chi connectivity index (χ0) is 13.7. The Kier molecular flexibility index (Phi) is 4.38. The maximum Gasteiger partial charge on any atom is 0.146 e. The molecule has 0 saturated carbocycles. The van der Waals surface area contributed by atoms with E-state index in [9.17, 15) is 0 Å². The summed E-state index contributed by atoms with van der Waals surface area (Å²) in [4.78, 5) is 4.55. The highest BCUT2D eigenvalue weighted by Crippen LogP contribution is 2.24. The molecule has 0 aliphatic heterocycles. The van der Waals surface area contributed by atoms with Gasteiger partial charge in [0.15, 0.2) is 0 Å². The Balaban J connectivity index is 2.16. The zero-order valence-electron chi connectivity index (χ0n) is 11.3. The largest absolute Gasteiger partial charge is 0.487 e. The molecule has 2 aromatic rings. The van der Waals surface area contributed by atoms with Crippen molar-refractivity contribution >= 4 is 10.9 Å². The van der Waals surface area contributed by atoms with Crippen molar-refractivity contribution in [1.82, 2.24) is 10.3 Å². The summed E-state index contributed by atoms with van der Waals surface area (Å²) in [5.41, 5.74) is 1.90. The van der Waals surface area contributed by atoms with Crippen molar-refractivity contribution in [1.29, 1.82) is 0 Å². The van der Waals surface area contributed by atoms with Crippen LogP contribution in [0.2, 0.25) is 0 Å². The molecule has 2 rings (SSSR count). The lowest BCUT2D eigenvalue weighted by Crippen LogP contribution is -2.29. The summed E-state index contributed by atoms with van der Waals surface area (Å²) in [6, 6.07) is 10.0. The van der Waals surface area contributed by atoms with Crippen LogP contribution in [0.5, 0.6) is 5.75 Å². The van der Waals surface area contributed by atoms with E-state index in [4.69, 9.17) is 11.2 Å². The quantitative estimate of drug-likeness (QED) is 0.657. The predicted molar refractivity (Wildman–Crippen MR) is 78.3 cm³/mol. The van der Waals surface area contributed by atoms with E-state index >= 15 is 0 Å². The maximum absolute atomic E-state index is 5.94. The first-order valence-electron chi connectivity index (χ1n) is 6.38. The molecule has 0 aliphatic carbocycles. The Morgan fingerprint density at radius 1 is 1.37 bits per heavy atom. The third-order valence-electron chi connectivity index (χ3n) is 2.81. The lowest BCUT2D eigenvalue weighted by Gasteiger charge is -2.16. The minimum absolute atomic E-state index is 0.0428. The van der Waals surface area contributed by atoms with Crippen LogP contribution in [0.4, 0.5) is 0 Å². The summed E-state index contributed by atoms with van der Waals surface area (Å²) in [5.74, 6) is 3.36. The summed E-state index contributed by atoms with van der Waals surface area (Å²) in [6.07, 6.45) is 5.24. The minimum Gasteiger partial charge on any atom is -0.487 e. The number of hydrogen-bond donors (Lipinski definition) is 1. The van der Waals surface area contributed by atoms with Gasteiger partial charge in [0.05, 0.1) is 6.54 Å². The number of pyridine rings is 1. The molecule has 1 aromatic carbocycles. The van der Waals surface area contributed by atoms with Crippen LogP contribution in [0.3, 0.4) is 0 Å². The molecule has 0 saturated heterocycles. The van der Waals surface area contributed by atoms with Crippen molar-refractivity contribution in [3.63, 3.8) is 0 Å². The molecule has 0 spiro atoms. The fourth-order valence-corrected chi connectivity index (χ4v) is 1.92. The highest BCUT2D eigenvalue weighted by molar-refractivity contribution is 5.84. The van der Waals surface area contributed by atoms with Crippen LogP contribution in [0.25, 0.3) is 10.9 Å². The van der Waals surface area contributed by atoms with Crippen LogP contribution in [-0.2, 0) is 0 Å². The van der Waals surface area contributed by atoms with Gasteiger partial charge >= 0.3 is 0 Å². The van der Waals surface area contributed by atoms with Gasteiger partial charge in [0.2, 0.25) is 0 Å². The van der Waals surface area contributed by atoms with Crippen LogP contribution >= 0.6 is 0 Å². The van der Waals surface area contributed by atoms with Crippen LogP contribution in [0, 0.1) is 19.3 Å². The summed E-state index contributed by atoms with van der Waals surface area (Å²) in [7, 11) is 0. The van der Waals surface area contributed by atoms with E-state index in [1.807, 2.05) is 38.1 Å². The Hall–Kier alpha value is -2.05. The zero-order valence-corrected chi connectivity index (χ0v) is 11.3. The lowest BCUT2D eigenvalue weighted by molar-refractivity contribution is 0.221. The SMILES string of the molecule is C#CCNCC(C)Oc1cccc2ccc(C)nc12. The van der Waals surface area contributed by atoms with Gasteiger partial charge in [0.1, 0.15) is 17.4 Å². The number of rotatable bonds is 5. The number of ether oxygens (including phenoxy) is 1. The van der Waals surface area contributed by atoms with Gasteiger partial charge in [0.25, 0.3) is 0 Å². The van der Waals surface area contributed by atoms with Crippen molar-refractivity contribution in [2.75, 3.05) is 13.1 Å². The van der Waals surface area contributed by atoms with Crippen molar-refractivity contribution < 1.29 is 4.74 Å². The number of hydrogen-bond acceptors (Lipinski definition) is 3. The Morgan fingerprint density at radius 2 is 2.21 bits per heavy atom. The average Bonchev–Trinajstić information content (AvgIpc) is 2.40. The van der Waals surface area contributed by atoms with Crippen LogP contribution in [0.1, 0.15) is 12.6 Å². The highest BCUT2D eigenvalue weighted by atomic mass is 16.5. The van der Waals surface area contributed by atoms with Crippen molar-refractivity contribution in [2.45, 2.75) is 20.0 Å². The van der Waals surface area contributed by atoms with Crippen molar-refractivity contribution in [3.8, 4) is 18.1 Å². The number of fused-ring (bicyclic) bond motifs is 1. The van der Waals surface area contributed by atoms with Crippen LogP contribution in [0.15, 0.2) is 30.3 Å². The molecule has 0 bridgehead atoms. The molecule has 19 heavy (non-hydrogen) atoms. The Morgan fingerprint density at radius 3 is 3.00 bits per heavy atom. The molecule has 1 aromatic heterocycles. The van der Waals surface area contributed by atoms with Gasteiger partial charge in [-0.2, -0.15) is 0 Å². The Bertz CT molecular complexity index is 601. The number of aromatic nitrogens is 1. The maximum atomic E-state index is 5.94. The van der Waals surface area contributed by atoms with E-state index < -0.39 is 0 Å². The summed E-state index contributed by atoms with van der Waals surface area (Å²) in [6.45, 7) is 5.26. The molecule has 1 unspecified atom stereocenters. The number of nitrogens with zero attached hydrogens (tertiary/aromatic N) is 1. The van der Waals surface area contributed by atoms with E-state index in [0.29, 0.717) is 13.1 Å². The van der Waals surface area contributed by atoms with E-state index in [1.165, 1.54) is 0 Å².